The molecular formula is C14H11ClN2O2. The number of hydrogen-bond acceptors (Lipinski definition) is 2. The number of fused-ring (bicyclic) bond motifs is 5. The van der Waals surface area contributed by atoms with Crippen molar-refractivity contribution in [3.8, 4) is 11.6 Å². The van der Waals surface area contributed by atoms with Crippen LogP contribution in [0.3, 0.4) is 0 Å². The Balaban J connectivity index is 2.00. The minimum atomic E-state index is -0.202. The maximum absolute atomic E-state index is 12.5. The zero-order valence-electron chi connectivity index (χ0n) is 9.95. The Morgan fingerprint density at radius 1 is 1.32 bits per heavy atom. The van der Waals surface area contributed by atoms with E-state index in [4.69, 9.17) is 11.6 Å². The highest BCUT2D eigenvalue weighted by Gasteiger charge is 2.39. The Morgan fingerprint density at radius 3 is 2.89 bits per heavy atom. The predicted molar refractivity (Wildman–Crippen MR) is 72.2 cm³/mol. The normalized spacial score (nSPS) is 23.0. The second-order valence-corrected chi connectivity index (χ2v) is 5.41. The van der Waals surface area contributed by atoms with Gasteiger partial charge in [-0.3, -0.25) is 4.57 Å². The van der Waals surface area contributed by atoms with Crippen molar-refractivity contribution >= 4 is 11.6 Å². The van der Waals surface area contributed by atoms with Crippen molar-refractivity contribution in [1.29, 1.82) is 0 Å². The number of aromatic hydroxyl groups is 1. The fourth-order valence-corrected chi connectivity index (χ4v) is 3.30. The monoisotopic (exact) mass is 274 g/mol. The molecule has 1 aliphatic heterocycles. The van der Waals surface area contributed by atoms with Crippen molar-refractivity contribution in [2.75, 3.05) is 0 Å². The molecule has 0 radical (unpaired) electrons. The molecule has 0 saturated carbocycles. The number of hydrogen-bond donors (Lipinski definition) is 1. The zero-order chi connectivity index (χ0) is 13.1. The fourth-order valence-electron chi connectivity index (χ4n) is 3.11. The summed E-state index contributed by atoms with van der Waals surface area (Å²) in [4.78, 5) is 12.5. The molecule has 0 saturated heterocycles. The minimum absolute atomic E-state index is 0.0316. The summed E-state index contributed by atoms with van der Waals surface area (Å²) in [6.07, 6.45) is 4.97. The molecule has 5 heteroatoms. The molecule has 0 spiro atoms. The van der Waals surface area contributed by atoms with E-state index in [0.717, 1.165) is 12.1 Å². The molecule has 2 aliphatic rings. The van der Waals surface area contributed by atoms with Gasteiger partial charge in [0.15, 0.2) is 0 Å². The number of benzene rings is 1. The van der Waals surface area contributed by atoms with Gasteiger partial charge in [0.1, 0.15) is 0 Å². The lowest BCUT2D eigenvalue weighted by Crippen LogP contribution is -2.24. The maximum atomic E-state index is 12.5. The van der Waals surface area contributed by atoms with Crippen LogP contribution in [0.5, 0.6) is 5.88 Å². The number of nitrogens with zero attached hydrogens (tertiary/aromatic N) is 2. The SMILES string of the molecule is O=c1n(-c2cccc(Cl)c2)c(O)c2n1C1C=CC2C1. The molecule has 1 aromatic carbocycles. The number of halogens is 1. The average Bonchev–Trinajstić information content (AvgIpc) is 3.04. The summed E-state index contributed by atoms with van der Waals surface area (Å²) >= 11 is 5.95. The fraction of sp³-hybridized carbons (Fsp3) is 0.214. The van der Waals surface area contributed by atoms with Gasteiger partial charge in [-0.25, -0.2) is 9.36 Å². The number of aromatic nitrogens is 2. The van der Waals surface area contributed by atoms with Crippen LogP contribution in [0.25, 0.3) is 5.69 Å². The topological polar surface area (TPSA) is 47.2 Å². The molecule has 2 unspecified atom stereocenters. The smallest absolute Gasteiger partial charge is 0.336 e. The Hall–Kier alpha value is -1.94. The predicted octanol–water partition coefficient (Wildman–Crippen LogP) is 2.60. The molecule has 1 N–H and O–H groups in total. The number of imidazole rings is 1. The van der Waals surface area contributed by atoms with E-state index in [1.54, 1.807) is 28.8 Å². The molecule has 19 heavy (non-hydrogen) atoms. The van der Waals surface area contributed by atoms with Crippen molar-refractivity contribution in [3.05, 3.63) is 57.6 Å². The van der Waals surface area contributed by atoms with Gasteiger partial charge in [0.2, 0.25) is 5.88 Å². The van der Waals surface area contributed by atoms with E-state index in [2.05, 4.69) is 6.08 Å². The van der Waals surface area contributed by atoms with Crippen molar-refractivity contribution in [2.24, 2.45) is 0 Å². The van der Waals surface area contributed by atoms with Crippen molar-refractivity contribution in [2.45, 2.75) is 18.4 Å². The van der Waals surface area contributed by atoms with Gasteiger partial charge in [0.25, 0.3) is 0 Å². The van der Waals surface area contributed by atoms with Gasteiger partial charge in [0.05, 0.1) is 17.4 Å². The molecule has 0 amide bonds. The Labute approximate surface area is 114 Å². The lowest BCUT2D eigenvalue weighted by Gasteiger charge is -2.05. The average molecular weight is 275 g/mol. The third-order valence-electron chi connectivity index (χ3n) is 3.91. The van der Waals surface area contributed by atoms with Crippen LogP contribution >= 0.6 is 11.6 Å². The second kappa shape index (κ2) is 3.54. The maximum Gasteiger partial charge on any atom is 0.336 e. The lowest BCUT2D eigenvalue weighted by atomic mass is 10.1. The van der Waals surface area contributed by atoms with E-state index in [0.29, 0.717) is 10.7 Å². The van der Waals surface area contributed by atoms with Crippen LogP contribution in [0.15, 0.2) is 41.2 Å². The van der Waals surface area contributed by atoms with Crippen LogP contribution < -0.4 is 5.69 Å². The van der Waals surface area contributed by atoms with Crippen LogP contribution in [-0.4, -0.2) is 14.2 Å². The van der Waals surface area contributed by atoms with Gasteiger partial charge in [0, 0.05) is 10.9 Å². The standard InChI is InChI=1S/C14H11ClN2O2/c15-9-2-1-3-10(7-9)17-13(18)12-8-4-5-11(6-8)16(12)14(17)19/h1-5,7-8,11,18H,6H2. The van der Waals surface area contributed by atoms with Crippen LogP contribution in [0, 0.1) is 0 Å². The van der Waals surface area contributed by atoms with Crippen molar-refractivity contribution in [3.63, 3.8) is 0 Å². The van der Waals surface area contributed by atoms with Gasteiger partial charge in [-0.15, -0.1) is 0 Å². The molecular weight excluding hydrogens is 264 g/mol. The first-order chi connectivity index (χ1) is 9.16. The molecule has 0 fully saturated rings. The summed E-state index contributed by atoms with van der Waals surface area (Å²) in [6.45, 7) is 0. The minimum Gasteiger partial charge on any atom is -0.493 e. The molecule has 2 heterocycles. The molecule has 1 aromatic heterocycles. The van der Waals surface area contributed by atoms with E-state index in [1.807, 2.05) is 6.08 Å². The lowest BCUT2D eigenvalue weighted by molar-refractivity contribution is 0.433. The molecule has 4 rings (SSSR count). The van der Waals surface area contributed by atoms with Crippen molar-refractivity contribution in [1.82, 2.24) is 9.13 Å². The zero-order valence-corrected chi connectivity index (χ0v) is 10.7. The van der Waals surface area contributed by atoms with E-state index in [1.165, 1.54) is 4.57 Å². The van der Waals surface area contributed by atoms with E-state index in [9.17, 15) is 9.90 Å². The van der Waals surface area contributed by atoms with Gasteiger partial charge in [-0.1, -0.05) is 29.8 Å². The Bertz CT molecular complexity index is 772. The van der Waals surface area contributed by atoms with E-state index < -0.39 is 0 Å². The quantitative estimate of drug-likeness (QED) is 0.813. The highest BCUT2D eigenvalue weighted by Crippen LogP contribution is 2.46. The van der Waals surface area contributed by atoms with Gasteiger partial charge in [-0.05, 0) is 24.6 Å². The summed E-state index contributed by atoms with van der Waals surface area (Å²) in [6, 6.07) is 7.02. The van der Waals surface area contributed by atoms with Gasteiger partial charge < -0.3 is 5.11 Å². The summed E-state index contributed by atoms with van der Waals surface area (Å²) in [5.74, 6) is 0.183. The van der Waals surface area contributed by atoms with Crippen molar-refractivity contribution < 1.29 is 5.11 Å². The first-order valence-electron chi connectivity index (χ1n) is 6.17. The molecule has 96 valence electrons. The number of allylic oxidation sites excluding steroid dienone is 2. The summed E-state index contributed by atoms with van der Waals surface area (Å²) in [7, 11) is 0. The highest BCUT2D eigenvalue weighted by atomic mass is 35.5. The molecule has 2 atom stereocenters. The van der Waals surface area contributed by atoms with E-state index in [-0.39, 0.29) is 23.5 Å². The van der Waals surface area contributed by atoms with Crippen LogP contribution in [0.4, 0.5) is 0 Å². The van der Waals surface area contributed by atoms with Crippen LogP contribution in [0.1, 0.15) is 24.1 Å². The van der Waals surface area contributed by atoms with Gasteiger partial charge >= 0.3 is 5.69 Å². The third-order valence-corrected chi connectivity index (χ3v) is 4.14. The highest BCUT2D eigenvalue weighted by molar-refractivity contribution is 6.30. The van der Waals surface area contributed by atoms with Crippen LogP contribution in [0.2, 0.25) is 5.02 Å². The van der Waals surface area contributed by atoms with E-state index >= 15 is 0 Å². The number of rotatable bonds is 1. The Kier molecular flexibility index (Phi) is 2.04. The van der Waals surface area contributed by atoms with Gasteiger partial charge in [-0.2, -0.15) is 0 Å². The first-order valence-corrected chi connectivity index (χ1v) is 6.55. The second-order valence-electron chi connectivity index (χ2n) is 4.97. The summed E-state index contributed by atoms with van der Waals surface area (Å²) in [5, 5.41) is 10.9. The third kappa shape index (κ3) is 1.32. The first kappa shape index (κ1) is 10.9. The summed E-state index contributed by atoms with van der Waals surface area (Å²) < 4.78 is 3.01. The molecule has 2 bridgehead atoms. The largest absolute Gasteiger partial charge is 0.493 e. The Morgan fingerprint density at radius 2 is 2.16 bits per heavy atom. The summed E-state index contributed by atoms with van der Waals surface area (Å²) in [5.41, 5.74) is 1.11. The molecule has 4 nitrogen and oxygen atoms in total. The molecule has 1 aliphatic carbocycles. The van der Waals surface area contributed by atoms with Crippen LogP contribution in [-0.2, 0) is 0 Å². The molecule has 2 aromatic rings.